The number of nitrogens with zero attached hydrogens (tertiary/aromatic N) is 6. The number of nitriles is 6. The Balaban J connectivity index is 0. The van der Waals surface area contributed by atoms with E-state index >= 15 is 0 Å². The van der Waals surface area contributed by atoms with Gasteiger partial charge < -0.3 is 0 Å². The van der Waals surface area contributed by atoms with E-state index in [1.807, 2.05) is 0 Å². The van der Waals surface area contributed by atoms with E-state index in [1.54, 1.807) is 0 Å². The fraction of sp³-hybridized carbons (Fsp3) is 0. The molecule has 0 radical (unpaired) electrons. The Bertz CT molecular complexity index is 392. The average Bonchev–Trinajstić information content (AvgIpc) is 2.26. The van der Waals surface area contributed by atoms with Gasteiger partial charge >= 0.3 is 102 Å². The summed E-state index contributed by atoms with van der Waals surface area (Å²) in [5, 5.41) is 51.6. The summed E-state index contributed by atoms with van der Waals surface area (Å²) < 4.78 is 6.37. The van der Waals surface area contributed by atoms with E-state index < -0.39 is 12.4 Å². The monoisotopic (exact) mass is 282 g/mol. The molecule has 0 saturated carbocycles. The van der Waals surface area contributed by atoms with Gasteiger partial charge in [0.05, 0.1) is 0 Å². The molecule has 6 nitrogen and oxygen atoms in total. The Hall–Kier alpha value is -1.44. The summed E-state index contributed by atoms with van der Waals surface area (Å²) in [6, 6.07) is 0. The molecule has 0 aliphatic carbocycles. The minimum absolute atomic E-state index is 0. The predicted octanol–water partition coefficient (Wildman–Crippen LogP) is -0.550. The van der Waals surface area contributed by atoms with Crippen LogP contribution in [0.4, 0.5) is 0 Å². The van der Waals surface area contributed by atoms with Crippen LogP contribution in [0.3, 0.4) is 0 Å². The number of hydrogen-bond donors (Lipinski definition) is 0. The molecule has 0 atom stereocenters. The molecular formula is C6HN6NaRu. The molecular weight excluding hydrogens is 280 g/mol. The van der Waals surface area contributed by atoms with E-state index in [0.717, 1.165) is 28.0 Å². The molecule has 64 valence electrons. The molecule has 0 aliphatic rings. The average molecular weight is 281 g/mol. The van der Waals surface area contributed by atoms with Gasteiger partial charge in [0.1, 0.15) is 0 Å². The zero-order valence-electron chi connectivity index (χ0n) is 6.04. The van der Waals surface area contributed by atoms with E-state index in [9.17, 15) is 0 Å². The Morgan fingerprint density at radius 1 is 0.500 bits per heavy atom. The minimum atomic E-state index is -6.55. The normalized spacial score (nSPS) is 12.4. The SMILES string of the molecule is N#[C][Ru]([C]#N)([C]#N)([C]#N)([C]#N)[C]#N.[NaH]. The molecule has 0 aromatic carbocycles. The molecule has 0 aromatic heterocycles. The summed E-state index contributed by atoms with van der Waals surface area (Å²) in [5.41, 5.74) is 0. The maximum absolute atomic E-state index is 8.59. The van der Waals surface area contributed by atoms with Crippen molar-refractivity contribution in [3.05, 3.63) is 0 Å². The third-order valence-corrected chi connectivity index (χ3v) is 7.02. The quantitative estimate of drug-likeness (QED) is 0.545. The first-order valence-electron chi connectivity index (χ1n) is 2.40. The number of hydrogen-bond acceptors (Lipinski definition) is 6. The van der Waals surface area contributed by atoms with Crippen LogP contribution in [0.1, 0.15) is 0 Å². The van der Waals surface area contributed by atoms with Crippen LogP contribution in [0, 0.1) is 59.6 Å². The molecule has 0 fully saturated rings. The Labute approximate surface area is 101 Å². The van der Waals surface area contributed by atoms with E-state index in [4.69, 9.17) is 31.6 Å². The van der Waals surface area contributed by atoms with Gasteiger partial charge in [-0.05, 0) is 0 Å². The Morgan fingerprint density at radius 3 is 0.643 bits per heavy atom. The van der Waals surface area contributed by atoms with Crippen molar-refractivity contribution < 1.29 is 12.4 Å². The van der Waals surface area contributed by atoms with Crippen molar-refractivity contribution in [1.82, 2.24) is 0 Å². The van der Waals surface area contributed by atoms with Crippen molar-refractivity contribution in [3.8, 4) is 28.0 Å². The molecule has 0 bridgehead atoms. The van der Waals surface area contributed by atoms with Gasteiger partial charge in [-0.3, -0.25) is 0 Å². The molecule has 0 heterocycles. The van der Waals surface area contributed by atoms with Crippen LogP contribution in [0.5, 0.6) is 0 Å². The second kappa shape index (κ2) is 3.37. The Morgan fingerprint density at radius 2 is 0.643 bits per heavy atom. The Kier molecular flexibility index (Phi) is 3.63. The van der Waals surface area contributed by atoms with Crippen molar-refractivity contribution >= 4 is 29.6 Å². The van der Waals surface area contributed by atoms with Crippen LogP contribution < -0.4 is 0 Å². The maximum atomic E-state index is 8.59. The van der Waals surface area contributed by atoms with Gasteiger partial charge in [0.2, 0.25) is 0 Å². The molecule has 14 heavy (non-hydrogen) atoms. The molecule has 0 rings (SSSR count). The zero-order valence-corrected chi connectivity index (χ0v) is 7.77. The van der Waals surface area contributed by atoms with Crippen LogP contribution in [0.2, 0.25) is 0 Å². The summed E-state index contributed by atoms with van der Waals surface area (Å²) in [4.78, 5) is 0. The van der Waals surface area contributed by atoms with Crippen LogP contribution in [0.15, 0.2) is 0 Å². The fourth-order valence-electron chi connectivity index (χ4n) is 0.265. The molecule has 0 unspecified atom stereocenters. The van der Waals surface area contributed by atoms with E-state index in [0.29, 0.717) is 0 Å². The van der Waals surface area contributed by atoms with Gasteiger partial charge in [-0.15, -0.1) is 0 Å². The summed E-state index contributed by atoms with van der Waals surface area (Å²) in [7, 11) is 0. The van der Waals surface area contributed by atoms with Crippen LogP contribution >= 0.6 is 0 Å². The first-order chi connectivity index (χ1) is 5.97. The van der Waals surface area contributed by atoms with Crippen LogP contribution in [-0.4, -0.2) is 29.6 Å². The standard InChI is InChI=1S/6CN.Na.Ru.H/c6*1-2;;;. The van der Waals surface area contributed by atoms with Gasteiger partial charge in [-0.25, -0.2) is 0 Å². The van der Waals surface area contributed by atoms with E-state index in [2.05, 4.69) is 0 Å². The van der Waals surface area contributed by atoms with Crippen LogP contribution in [0.25, 0.3) is 0 Å². The van der Waals surface area contributed by atoms with Crippen molar-refractivity contribution in [1.29, 1.82) is 31.6 Å². The van der Waals surface area contributed by atoms with Crippen molar-refractivity contribution in [3.63, 3.8) is 0 Å². The van der Waals surface area contributed by atoms with Gasteiger partial charge in [-0.2, -0.15) is 0 Å². The predicted molar refractivity (Wildman–Crippen MR) is 40.8 cm³/mol. The zero-order chi connectivity index (χ0) is 10.7. The van der Waals surface area contributed by atoms with E-state index in [-0.39, 0.29) is 29.6 Å². The number of rotatable bonds is 0. The molecule has 0 aromatic rings. The first kappa shape index (κ1) is 15.1. The van der Waals surface area contributed by atoms with Crippen molar-refractivity contribution in [2.75, 3.05) is 0 Å². The third kappa shape index (κ3) is 1.18. The van der Waals surface area contributed by atoms with Gasteiger partial charge in [-0.1, -0.05) is 0 Å². The molecule has 8 heteroatoms. The molecule has 0 N–H and O–H groups in total. The molecule has 0 saturated heterocycles. The molecule has 0 amide bonds. The molecule has 0 spiro atoms. The molecule has 0 aliphatic heterocycles. The first-order valence-corrected chi connectivity index (χ1v) is 7.62. The fourth-order valence-corrected chi connectivity index (χ4v) is 1.57. The van der Waals surface area contributed by atoms with Crippen molar-refractivity contribution in [2.45, 2.75) is 0 Å². The van der Waals surface area contributed by atoms with Crippen molar-refractivity contribution in [2.24, 2.45) is 0 Å². The van der Waals surface area contributed by atoms with Crippen LogP contribution in [-0.2, 0) is 12.4 Å². The van der Waals surface area contributed by atoms with Gasteiger partial charge in [0, 0.05) is 0 Å². The summed E-state index contributed by atoms with van der Waals surface area (Å²) >= 11 is -6.55. The van der Waals surface area contributed by atoms with Gasteiger partial charge in [0.25, 0.3) is 0 Å². The van der Waals surface area contributed by atoms with Gasteiger partial charge in [0.15, 0.2) is 0 Å². The second-order valence-electron chi connectivity index (χ2n) is 1.80. The third-order valence-electron chi connectivity index (χ3n) is 1.19. The van der Waals surface area contributed by atoms with E-state index in [1.165, 1.54) is 0 Å². The summed E-state index contributed by atoms with van der Waals surface area (Å²) in [5.74, 6) is 0. The topological polar surface area (TPSA) is 143 Å². The summed E-state index contributed by atoms with van der Waals surface area (Å²) in [6.07, 6.45) is 0. The summed E-state index contributed by atoms with van der Waals surface area (Å²) in [6.45, 7) is 0. The second-order valence-corrected chi connectivity index (χ2v) is 10.6.